The highest BCUT2D eigenvalue weighted by Crippen LogP contribution is 2.30. The van der Waals surface area contributed by atoms with E-state index in [9.17, 15) is 0 Å². The Morgan fingerprint density at radius 2 is 2.00 bits per heavy atom. The van der Waals surface area contributed by atoms with Crippen molar-refractivity contribution in [1.82, 2.24) is 5.32 Å². The Kier molecular flexibility index (Phi) is 5.75. The molecule has 1 aliphatic rings. The van der Waals surface area contributed by atoms with E-state index in [2.05, 4.69) is 24.1 Å². The monoisotopic (exact) mass is 208 g/mol. The van der Waals surface area contributed by atoms with Gasteiger partial charge >= 0.3 is 0 Å². The molecule has 0 bridgehead atoms. The molecule has 1 atom stereocenters. The predicted molar refractivity (Wildman–Crippen MR) is 65.4 cm³/mol. The average Bonchev–Trinajstić information content (AvgIpc) is 2.26. The van der Waals surface area contributed by atoms with Crippen LogP contribution in [-0.2, 0) is 0 Å². The van der Waals surface area contributed by atoms with Gasteiger partial charge in [0.1, 0.15) is 0 Å². The molecule has 0 saturated heterocycles. The molecule has 1 saturated carbocycles. The van der Waals surface area contributed by atoms with Crippen molar-refractivity contribution in [2.45, 2.75) is 45.6 Å². The fourth-order valence-corrected chi connectivity index (χ4v) is 2.40. The lowest BCUT2D eigenvalue weighted by molar-refractivity contribution is 0.236. The first kappa shape index (κ1) is 12.5. The third-order valence-corrected chi connectivity index (χ3v) is 3.51. The molecule has 1 fully saturated rings. The summed E-state index contributed by atoms with van der Waals surface area (Å²) >= 11 is 0. The van der Waals surface area contributed by atoms with Crippen molar-refractivity contribution >= 4 is 0 Å². The SMILES string of the molecule is CC#CCNC(CN)C1CCC(C)CC1. The summed E-state index contributed by atoms with van der Waals surface area (Å²) in [6.07, 6.45) is 5.38. The molecule has 15 heavy (non-hydrogen) atoms. The molecule has 0 spiro atoms. The van der Waals surface area contributed by atoms with Gasteiger partial charge in [-0.25, -0.2) is 0 Å². The van der Waals surface area contributed by atoms with E-state index in [1.54, 1.807) is 0 Å². The van der Waals surface area contributed by atoms with Crippen LogP contribution in [0.4, 0.5) is 0 Å². The molecule has 1 unspecified atom stereocenters. The zero-order chi connectivity index (χ0) is 11.1. The van der Waals surface area contributed by atoms with Crippen LogP contribution in [-0.4, -0.2) is 19.1 Å². The van der Waals surface area contributed by atoms with Crippen LogP contribution in [0.1, 0.15) is 39.5 Å². The molecule has 86 valence electrons. The number of nitrogens with one attached hydrogen (secondary N) is 1. The third-order valence-electron chi connectivity index (χ3n) is 3.51. The van der Waals surface area contributed by atoms with Crippen LogP contribution in [0.15, 0.2) is 0 Å². The van der Waals surface area contributed by atoms with E-state index < -0.39 is 0 Å². The first-order valence-corrected chi connectivity index (χ1v) is 6.11. The molecule has 2 heteroatoms. The Labute approximate surface area is 94.0 Å². The lowest BCUT2D eigenvalue weighted by Crippen LogP contribution is -2.43. The number of nitrogens with two attached hydrogens (primary N) is 1. The highest BCUT2D eigenvalue weighted by molar-refractivity contribution is 4.98. The number of hydrogen-bond donors (Lipinski definition) is 2. The maximum absolute atomic E-state index is 5.81. The van der Waals surface area contributed by atoms with Crippen LogP contribution in [0.25, 0.3) is 0 Å². The molecular weight excluding hydrogens is 184 g/mol. The molecule has 0 amide bonds. The molecule has 0 heterocycles. The van der Waals surface area contributed by atoms with Crippen LogP contribution in [0, 0.1) is 23.7 Å². The van der Waals surface area contributed by atoms with E-state index in [0.717, 1.165) is 24.9 Å². The Hall–Kier alpha value is -0.520. The maximum Gasteiger partial charge on any atom is 0.0579 e. The average molecular weight is 208 g/mol. The zero-order valence-corrected chi connectivity index (χ0v) is 10.1. The van der Waals surface area contributed by atoms with Crippen molar-refractivity contribution in [3.05, 3.63) is 0 Å². The Morgan fingerprint density at radius 1 is 1.33 bits per heavy atom. The van der Waals surface area contributed by atoms with E-state index in [1.807, 2.05) is 6.92 Å². The zero-order valence-electron chi connectivity index (χ0n) is 10.1. The molecule has 0 aromatic carbocycles. The van der Waals surface area contributed by atoms with Gasteiger partial charge in [-0.15, -0.1) is 5.92 Å². The number of rotatable bonds is 4. The lowest BCUT2D eigenvalue weighted by atomic mass is 9.79. The smallest absolute Gasteiger partial charge is 0.0579 e. The van der Waals surface area contributed by atoms with E-state index in [1.165, 1.54) is 25.7 Å². The first-order valence-electron chi connectivity index (χ1n) is 6.11. The van der Waals surface area contributed by atoms with E-state index in [-0.39, 0.29) is 0 Å². The van der Waals surface area contributed by atoms with Crippen molar-refractivity contribution in [1.29, 1.82) is 0 Å². The Balaban J connectivity index is 2.32. The van der Waals surface area contributed by atoms with Gasteiger partial charge in [0.05, 0.1) is 6.54 Å². The van der Waals surface area contributed by atoms with Crippen LogP contribution < -0.4 is 11.1 Å². The van der Waals surface area contributed by atoms with Gasteiger partial charge in [0.2, 0.25) is 0 Å². The Bertz CT molecular complexity index is 218. The lowest BCUT2D eigenvalue weighted by Gasteiger charge is -2.32. The molecule has 1 aliphatic carbocycles. The van der Waals surface area contributed by atoms with Gasteiger partial charge in [-0.2, -0.15) is 0 Å². The number of hydrogen-bond acceptors (Lipinski definition) is 2. The first-order chi connectivity index (χ1) is 7.27. The minimum absolute atomic E-state index is 0.471. The summed E-state index contributed by atoms with van der Waals surface area (Å²) in [5.74, 6) is 7.63. The van der Waals surface area contributed by atoms with Gasteiger partial charge in [-0.1, -0.05) is 25.7 Å². The Morgan fingerprint density at radius 3 is 2.53 bits per heavy atom. The summed E-state index contributed by atoms with van der Waals surface area (Å²) in [5.41, 5.74) is 5.81. The predicted octanol–water partition coefficient (Wildman–Crippen LogP) is 1.75. The summed E-state index contributed by atoms with van der Waals surface area (Å²) in [4.78, 5) is 0. The van der Waals surface area contributed by atoms with Gasteiger partial charge < -0.3 is 11.1 Å². The van der Waals surface area contributed by atoms with Crippen LogP contribution >= 0.6 is 0 Å². The minimum atomic E-state index is 0.471. The molecule has 0 aromatic rings. The van der Waals surface area contributed by atoms with Gasteiger partial charge in [0.15, 0.2) is 0 Å². The summed E-state index contributed by atoms with van der Waals surface area (Å²) in [5, 5.41) is 3.46. The van der Waals surface area contributed by atoms with Gasteiger partial charge in [-0.3, -0.25) is 0 Å². The minimum Gasteiger partial charge on any atom is -0.329 e. The van der Waals surface area contributed by atoms with Crippen molar-refractivity contribution in [2.75, 3.05) is 13.1 Å². The summed E-state index contributed by atoms with van der Waals surface area (Å²) in [6, 6.07) is 0.471. The normalized spacial score (nSPS) is 27.9. The van der Waals surface area contributed by atoms with Gasteiger partial charge in [0.25, 0.3) is 0 Å². The van der Waals surface area contributed by atoms with E-state index in [0.29, 0.717) is 6.04 Å². The van der Waals surface area contributed by atoms with Crippen LogP contribution in [0.3, 0.4) is 0 Å². The summed E-state index contributed by atoms with van der Waals surface area (Å²) in [6.45, 7) is 5.75. The molecule has 1 rings (SSSR count). The van der Waals surface area contributed by atoms with E-state index in [4.69, 9.17) is 5.73 Å². The molecular formula is C13H24N2. The molecule has 3 N–H and O–H groups in total. The van der Waals surface area contributed by atoms with Crippen molar-refractivity contribution in [3.8, 4) is 11.8 Å². The summed E-state index contributed by atoms with van der Waals surface area (Å²) < 4.78 is 0. The van der Waals surface area contributed by atoms with Crippen molar-refractivity contribution < 1.29 is 0 Å². The largest absolute Gasteiger partial charge is 0.329 e. The van der Waals surface area contributed by atoms with Gasteiger partial charge in [-0.05, 0) is 31.6 Å². The molecule has 0 aliphatic heterocycles. The topological polar surface area (TPSA) is 38.0 Å². The second-order valence-corrected chi connectivity index (χ2v) is 4.67. The molecule has 2 nitrogen and oxygen atoms in total. The highest BCUT2D eigenvalue weighted by Gasteiger charge is 2.24. The fourth-order valence-electron chi connectivity index (χ4n) is 2.40. The quantitative estimate of drug-likeness (QED) is 0.691. The fraction of sp³-hybridized carbons (Fsp3) is 0.846. The standard InChI is InChI=1S/C13H24N2/c1-3-4-9-15-13(10-14)12-7-5-11(2)6-8-12/h11-13,15H,5-10,14H2,1-2H3. The second kappa shape index (κ2) is 6.87. The van der Waals surface area contributed by atoms with E-state index >= 15 is 0 Å². The molecule has 0 aromatic heterocycles. The molecule has 0 radical (unpaired) electrons. The highest BCUT2D eigenvalue weighted by atomic mass is 14.9. The third kappa shape index (κ3) is 4.24. The second-order valence-electron chi connectivity index (χ2n) is 4.67. The maximum atomic E-state index is 5.81. The van der Waals surface area contributed by atoms with Crippen molar-refractivity contribution in [3.63, 3.8) is 0 Å². The van der Waals surface area contributed by atoms with Crippen LogP contribution in [0.5, 0.6) is 0 Å². The van der Waals surface area contributed by atoms with Gasteiger partial charge in [0, 0.05) is 12.6 Å². The van der Waals surface area contributed by atoms with Crippen molar-refractivity contribution in [2.24, 2.45) is 17.6 Å². The van der Waals surface area contributed by atoms with Crippen LogP contribution in [0.2, 0.25) is 0 Å². The summed E-state index contributed by atoms with van der Waals surface area (Å²) in [7, 11) is 0.